The zero-order valence-electron chi connectivity index (χ0n) is 13.2. The van der Waals surface area contributed by atoms with Gasteiger partial charge in [0.2, 0.25) is 0 Å². The third kappa shape index (κ3) is 3.14. The van der Waals surface area contributed by atoms with Crippen molar-refractivity contribution in [2.24, 2.45) is 0 Å². The molecule has 2 N–H and O–H groups in total. The molecule has 1 aliphatic carbocycles. The first kappa shape index (κ1) is 15.7. The van der Waals surface area contributed by atoms with E-state index in [-0.39, 0.29) is 12.5 Å². The van der Waals surface area contributed by atoms with Gasteiger partial charge in [-0.15, -0.1) is 0 Å². The number of methoxy groups -OCH3 is 1. The van der Waals surface area contributed by atoms with Gasteiger partial charge in [-0.1, -0.05) is 54.6 Å². The lowest BCUT2D eigenvalue weighted by atomic mass is 9.96. The minimum Gasteiger partial charge on any atom is -0.383 e. The number of amides is 1. The highest BCUT2D eigenvalue weighted by molar-refractivity contribution is 5.82. The van der Waals surface area contributed by atoms with Gasteiger partial charge in [-0.2, -0.15) is 0 Å². The highest BCUT2D eigenvalue weighted by Crippen LogP contribution is 2.36. The predicted octanol–water partition coefficient (Wildman–Crippen LogP) is 2.32. The third-order valence-corrected chi connectivity index (χ3v) is 4.46. The van der Waals surface area contributed by atoms with Crippen LogP contribution >= 0.6 is 0 Å². The monoisotopic (exact) mass is 311 g/mol. The average Bonchev–Trinajstić information content (AvgIpc) is 2.93. The summed E-state index contributed by atoms with van der Waals surface area (Å²) in [6.07, 6.45) is 0.779. The molecule has 0 bridgehead atoms. The van der Waals surface area contributed by atoms with Crippen LogP contribution in [-0.4, -0.2) is 24.7 Å². The van der Waals surface area contributed by atoms with Gasteiger partial charge in [0.15, 0.2) is 6.10 Å². The summed E-state index contributed by atoms with van der Waals surface area (Å²) in [6, 6.07) is 17.2. The molecule has 0 saturated heterocycles. The number of hydrogen-bond donors (Lipinski definition) is 2. The lowest BCUT2D eigenvalue weighted by Gasteiger charge is -2.25. The molecule has 0 spiro atoms. The van der Waals surface area contributed by atoms with Crippen molar-refractivity contribution in [1.82, 2.24) is 5.32 Å². The van der Waals surface area contributed by atoms with E-state index in [0.29, 0.717) is 6.42 Å². The van der Waals surface area contributed by atoms with E-state index in [0.717, 1.165) is 23.1 Å². The quantitative estimate of drug-likeness (QED) is 0.891. The van der Waals surface area contributed by atoms with Crippen LogP contribution in [0.2, 0.25) is 0 Å². The number of rotatable bonds is 5. The molecule has 1 aliphatic rings. The summed E-state index contributed by atoms with van der Waals surface area (Å²) in [4.78, 5) is 12.4. The number of hydrogen-bond acceptors (Lipinski definition) is 3. The van der Waals surface area contributed by atoms with Gasteiger partial charge in [-0.25, -0.2) is 0 Å². The maximum atomic E-state index is 12.4. The Hall–Kier alpha value is -2.17. The van der Waals surface area contributed by atoms with E-state index in [1.165, 1.54) is 7.11 Å². The Morgan fingerprint density at radius 2 is 1.91 bits per heavy atom. The minimum absolute atomic E-state index is 0.190. The van der Waals surface area contributed by atoms with Gasteiger partial charge in [-0.3, -0.25) is 4.79 Å². The summed E-state index contributed by atoms with van der Waals surface area (Å²) in [7, 11) is 1.51. The molecule has 120 valence electrons. The van der Waals surface area contributed by atoms with Crippen molar-refractivity contribution in [3.05, 3.63) is 71.3 Å². The van der Waals surface area contributed by atoms with Crippen LogP contribution in [0.5, 0.6) is 0 Å². The summed E-state index contributed by atoms with van der Waals surface area (Å²) in [5, 5.41) is 13.7. The van der Waals surface area contributed by atoms with E-state index in [9.17, 15) is 9.90 Å². The molecule has 2 aromatic carbocycles. The van der Waals surface area contributed by atoms with E-state index >= 15 is 0 Å². The van der Waals surface area contributed by atoms with Crippen LogP contribution < -0.4 is 5.32 Å². The van der Waals surface area contributed by atoms with E-state index in [2.05, 4.69) is 5.32 Å². The molecule has 0 aromatic heterocycles. The van der Waals surface area contributed by atoms with Crippen molar-refractivity contribution in [2.75, 3.05) is 13.7 Å². The molecule has 4 nitrogen and oxygen atoms in total. The number of carbonyl (C=O) groups is 1. The third-order valence-electron chi connectivity index (χ3n) is 4.46. The van der Waals surface area contributed by atoms with Crippen LogP contribution in [0.4, 0.5) is 0 Å². The molecular formula is C19H21NO3. The second-order valence-electron chi connectivity index (χ2n) is 5.93. The van der Waals surface area contributed by atoms with Gasteiger partial charge >= 0.3 is 0 Å². The normalized spacial score (nSPS) is 20.8. The number of carbonyl (C=O) groups excluding carboxylic acids is 1. The number of aryl methyl sites for hydroxylation is 1. The highest BCUT2D eigenvalue weighted by Gasteiger charge is 2.37. The minimum atomic E-state index is -0.999. The van der Waals surface area contributed by atoms with Crippen molar-refractivity contribution < 1.29 is 14.6 Å². The molecule has 1 amide bonds. The summed E-state index contributed by atoms with van der Waals surface area (Å²) in [5.74, 6) is -0.239. The summed E-state index contributed by atoms with van der Waals surface area (Å²) < 4.78 is 5.32. The van der Waals surface area contributed by atoms with Gasteiger partial charge in [0.1, 0.15) is 5.60 Å². The van der Waals surface area contributed by atoms with Gasteiger partial charge in [-0.05, 0) is 29.5 Å². The zero-order valence-corrected chi connectivity index (χ0v) is 13.2. The second kappa shape index (κ2) is 6.52. The molecule has 1 unspecified atom stereocenters. The van der Waals surface area contributed by atoms with Crippen molar-refractivity contribution in [3.8, 4) is 0 Å². The summed E-state index contributed by atoms with van der Waals surface area (Å²) in [6.45, 7) is 0.190. The SMILES string of the molecule is CO[C@@H](C(=O)NCC1(O)CCc2ccccc21)c1ccccc1. The maximum absolute atomic E-state index is 12.4. The Bertz CT molecular complexity index is 686. The lowest BCUT2D eigenvalue weighted by molar-refractivity contribution is -0.132. The fraction of sp³-hybridized carbons (Fsp3) is 0.316. The molecule has 2 aromatic rings. The van der Waals surface area contributed by atoms with E-state index < -0.39 is 11.7 Å². The first-order chi connectivity index (χ1) is 11.1. The highest BCUT2D eigenvalue weighted by atomic mass is 16.5. The van der Waals surface area contributed by atoms with E-state index in [1.807, 2.05) is 54.6 Å². The molecule has 0 heterocycles. The van der Waals surface area contributed by atoms with E-state index in [4.69, 9.17) is 4.74 Å². The zero-order chi connectivity index (χ0) is 16.3. The van der Waals surface area contributed by atoms with Crippen LogP contribution in [-0.2, 0) is 21.6 Å². The Kier molecular flexibility index (Phi) is 4.46. The van der Waals surface area contributed by atoms with Gasteiger partial charge < -0.3 is 15.2 Å². The Balaban J connectivity index is 1.70. The van der Waals surface area contributed by atoms with Gasteiger partial charge in [0, 0.05) is 7.11 Å². The Morgan fingerprint density at radius 3 is 2.65 bits per heavy atom. The van der Waals surface area contributed by atoms with Crippen LogP contribution in [0.25, 0.3) is 0 Å². The average molecular weight is 311 g/mol. The standard InChI is InChI=1S/C19H21NO3/c1-23-17(15-8-3-2-4-9-15)18(21)20-13-19(22)12-11-14-7-5-6-10-16(14)19/h2-10,17,22H,11-13H2,1H3,(H,20,21)/t17-,19?/m1/s1. The number of fused-ring (bicyclic) bond motifs is 1. The van der Waals surface area contributed by atoms with Crippen LogP contribution in [0.1, 0.15) is 29.2 Å². The molecule has 0 radical (unpaired) electrons. The first-order valence-corrected chi connectivity index (χ1v) is 7.80. The maximum Gasteiger partial charge on any atom is 0.253 e. The number of benzene rings is 2. The van der Waals surface area contributed by atoms with Crippen LogP contribution in [0.3, 0.4) is 0 Å². The van der Waals surface area contributed by atoms with Crippen molar-refractivity contribution in [3.63, 3.8) is 0 Å². The number of ether oxygens (including phenoxy) is 1. The predicted molar refractivity (Wildman–Crippen MR) is 87.9 cm³/mol. The molecule has 0 aliphatic heterocycles. The topological polar surface area (TPSA) is 58.6 Å². The fourth-order valence-corrected chi connectivity index (χ4v) is 3.20. The molecular weight excluding hydrogens is 290 g/mol. The van der Waals surface area contributed by atoms with Gasteiger partial charge in [0.25, 0.3) is 5.91 Å². The number of aliphatic hydroxyl groups is 1. The second-order valence-corrected chi connectivity index (χ2v) is 5.93. The largest absolute Gasteiger partial charge is 0.383 e. The van der Waals surface area contributed by atoms with Crippen LogP contribution in [0.15, 0.2) is 54.6 Å². The molecule has 0 saturated carbocycles. The Morgan fingerprint density at radius 1 is 1.22 bits per heavy atom. The van der Waals surface area contributed by atoms with E-state index in [1.54, 1.807) is 0 Å². The summed E-state index contributed by atoms with van der Waals surface area (Å²) in [5.41, 5.74) is 1.86. The smallest absolute Gasteiger partial charge is 0.253 e. The van der Waals surface area contributed by atoms with Crippen molar-refractivity contribution in [1.29, 1.82) is 0 Å². The first-order valence-electron chi connectivity index (χ1n) is 7.80. The Labute approximate surface area is 136 Å². The summed E-state index contributed by atoms with van der Waals surface area (Å²) >= 11 is 0. The number of nitrogens with one attached hydrogen (secondary N) is 1. The van der Waals surface area contributed by atoms with Crippen molar-refractivity contribution >= 4 is 5.91 Å². The van der Waals surface area contributed by atoms with Gasteiger partial charge in [0.05, 0.1) is 6.54 Å². The van der Waals surface area contributed by atoms with Crippen molar-refractivity contribution in [2.45, 2.75) is 24.5 Å². The molecule has 3 rings (SSSR count). The molecule has 4 heteroatoms. The molecule has 2 atom stereocenters. The fourth-order valence-electron chi connectivity index (χ4n) is 3.20. The lowest BCUT2D eigenvalue weighted by Crippen LogP contribution is -2.41. The van der Waals surface area contributed by atoms with Crippen LogP contribution in [0, 0.1) is 0 Å². The molecule has 23 heavy (non-hydrogen) atoms. The molecule has 0 fully saturated rings.